The van der Waals surface area contributed by atoms with Crippen LogP contribution < -0.4 is 4.74 Å². The highest BCUT2D eigenvalue weighted by Crippen LogP contribution is 2.38. The van der Waals surface area contributed by atoms with E-state index in [0.717, 1.165) is 38.2 Å². The van der Waals surface area contributed by atoms with Crippen LogP contribution in [0.1, 0.15) is 68.7 Å². The number of benzene rings is 2. The van der Waals surface area contributed by atoms with Crippen molar-refractivity contribution in [2.75, 3.05) is 0 Å². The molecule has 2 nitrogen and oxygen atoms in total. The molecule has 0 amide bonds. The van der Waals surface area contributed by atoms with E-state index in [9.17, 15) is 22.4 Å². The molecule has 152 valence electrons. The van der Waals surface area contributed by atoms with Gasteiger partial charge in [-0.25, -0.2) is 22.4 Å². The van der Waals surface area contributed by atoms with Crippen molar-refractivity contribution in [3.05, 3.63) is 64.7 Å². The molecular weight excluding hydrogens is 372 g/mol. The molecule has 6 heteroatoms. The van der Waals surface area contributed by atoms with E-state index in [1.807, 2.05) is 0 Å². The summed E-state index contributed by atoms with van der Waals surface area (Å²) >= 11 is 0. The lowest BCUT2D eigenvalue weighted by Gasteiger charge is -2.28. The highest BCUT2D eigenvalue weighted by molar-refractivity contribution is 5.91. The molecule has 0 aromatic heterocycles. The van der Waals surface area contributed by atoms with Crippen LogP contribution in [-0.4, -0.2) is 5.97 Å². The minimum absolute atomic E-state index is 0. The van der Waals surface area contributed by atoms with E-state index in [1.165, 1.54) is 12.5 Å². The molecular formula is C22H24F4O2. The van der Waals surface area contributed by atoms with Crippen LogP contribution in [0.2, 0.25) is 0 Å². The molecule has 0 N–H and O–H groups in total. The van der Waals surface area contributed by atoms with Crippen LogP contribution in [0.25, 0.3) is 0 Å². The van der Waals surface area contributed by atoms with Crippen molar-refractivity contribution in [3.8, 4) is 5.75 Å². The van der Waals surface area contributed by atoms with Crippen LogP contribution in [0.5, 0.6) is 5.75 Å². The first-order valence-electron chi connectivity index (χ1n) is 9.55. The molecule has 0 heterocycles. The van der Waals surface area contributed by atoms with Gasteiger partial charge in [0.15, 0.2) is 17.5 Å². The Morgan fingerprint density at radius 1 is 1.00 bits per heavy atom. The van der Waals surface area contributed by atoms with Gasteiger partial charge in [-0.05, 0) is 55.2 Å². The van der Waals surface area contributed by atoms with Crippen molar-refractivity contribution < 1.29 is 28.5 Å². The maximum Gasteiger partial charge on any atom is 0.343 e. The number of carbonyl (C=O) groups excluding carboxylic acids is 1. The number of ether oxygens (including phenoxy) is 1. The monoisotopic (exact) mass is 396 g/mol. The summed E-state index contributed by atoms with van der Waals surface area (Å²) in [6.45, 7) is 2.16. The molecule has 1 fully saturated rings. The zero-order chi connectivity index (χ0) is 20.3. The lowest BCUT2D eigenvalue weighted by Crippen LogP contribution is -2.15. The Bertz CT molecular complexity index is 841. The van der Waals surface area contributed by atoms with Gasteiger partial charge in [-0.15, -0.1) is 0 Å². The number of halogens is 4. The predicted molar refractivity (Wildman–Crippen MR) is 99.4 cm³/mol. The van der Waals surface area contributed by atoms with Gasteiger partial charge >= 0.3 is 5.97 Å². The van der Waals surface area contributed by atoms with Crippen LogP contribution in [-0.2, 0) is 0 Å². The molecule has 0 unspecified atom stereocenters. The Morgan fingerprint density at radius 3 is 2.21 bits per heavy atom. The summed E-state index contributed by atoms with van der Waals surface area (Å²) in [6.07, 6.45) is 6.33. The highest BCUT2D eigenvalue weighted by atomic mass is 19.2. The molecule has 0 aliphatic heterocycles. The van der Waals surface area contributed by atoms with Gasteiger partial charge in [0.1, 0.15) is 11.6 Å². The Kier molecular flexibility index (Phi) is 6.37. The van der Waals surface area contributed by atoms with Gasteiger partial charge in [0.05, 0.1) is 5.56 Å². The van der Waals surface area contributed by atoms with Gasteiger partial charge in [0, 0.05) is 13.6 Å². The fraction of sp³-hybridized carbons (Fsp3) is 0.409. The van der Waals surface area contributed by atoms with E-state index in [2.05, 4.69) is 6.92 Å². The van der Waals surface area contributed by atoms with Crippen molar-refractivity contribution >= 4 is 5.97 Å². The third kappa shape index (κ3) is 4.54. The minimum Gasteiger partial charge on any atom is -0.423 e. The molecule has 1 aliphatic carbocycles. The average Bonchev–Trinajstić information content (AvgIpc) is 2.67. The maximum atomic E-state index is 14.6. The molecule has 2 aromatic carbocycles. The molecule has 0 saturated heterocycles. The Morgan fingerprint density at radius 2 is 1.64 bits per heavy atom. The van der Waals surface area contributed by atoms with E-state index in [4.69, 9.17) is 4.74 Å². The topological polar surface area (TPSA) is 26.3 Å². The number of hydrogen-bond acceptors (Lipinski definition) is 2. The van der Waals surface area contributed by atoms with Crippen LogP contribution in [0.3, 0.4) is 0 Å². The molecule has 0 atom stereocenters. The number of rotatable bonds is 5. The second-order valence-electron chi connectivity index (χ2n) is 7.33. The van der Waals surface area contributed by atoms with Crippen molar-refractivity contribution in [3.63, 3.8) is 0 Å². The van der Waals surface area contributed by atoms with E-state index in [-0.39, 0.29) is 12.9 Å². The summed E-state index contributed by atoms with van der Waals surface area (Å²) in [5, 5.41) is 0. The molecule has 0 spiro atoms. The number of carbonyl (C=O) groups is 1. The third-order valence-electron chi connectivity index (χ3n) is 5.39. The van der Waals surface area contributed by atoms with Gasteiger partial charge in [-0.2, -0.15) is 0 Å². The summed E-state index contributed by atoms with van der Waals surface area (Å²) in [7, 11) is 0. The Labute approximate surface area is 163 Å². The molecule has 0 bridgehead atoms. The first kappa shape index (κ1) is 20.4. The fourth-order valence-corrected chi connectivity index (χ4v) is 3.91. The van der Waals surface area contributed by atoms with E-state index >= 15 is 0 Å². The quantitative estimate of drug-likeness (QED) is 0.241. The van der Waals surface area contributed by atoms with E-state index in [0.29, 0.717) is 23.6 Å². The van der Waals surface area contributed by atoms with E-state index < -0.39 is 35.0 Å². The maximum absolute atomic E-state index is 14.6. The molecule has 1 aliphatic rings. The van der Waals surface area contributed by atoms with Crippen molar-refractivity contribution in [2.24, 2.45) is 5.92 Å². The summed E-state index contributed by atoms with van der Waals surface area (Å²) in [4.78, 5) is 12.1. The van der Waals surface area contributed by atoms with Crippen LogP contribution >= 0.6 is 0 Å². The van der Waals surface area contributed by atoms with Gasteiger partial charge in [0.2, 0.25) is 0 Å². The highest BCUT2D eigenvalue weighted by Gasteiger charge is 2.25. The average molecular weight is 396 g/mol. The van der Waals surface area contributed by atoms with Crippen molar-refractivity contribution in [1.82, 2.24) is 0 Å². The SMILES string of the molecule is CCCC1CCC(c2ccc(C(=O)Oc3cc(F)c(F)c(F)c3)cc2F)CC1.[HH]. The van der Waals surface area contributed by atoms with Gasteiger partial charge in [-0.1, -0.05) is 25.8 Å². The second kappa shape index (κ2) is 8.76. The second-order valence-corrected chi connectivity index (χ2v) is 7.33. The predicted octanol–water partition coefficient (Wildman–Crippen LogP) is 6.78. The van der Waals surface area contributed by atoms with Gasteiger partial charge in [0.25, 0.3) is 0 Å². The van der Waals surface area contributed by atoms with Crippen LogP contribution in [0.4, 0.5) is 17.6 Å². The van der Waals surface area contributed by atoms with Crippen molar-refractivity contribution in [1.29, 1.82) is 0 Å². The molecule has 1 saturated carbocycles. The standard InChI is InChI=1S/C22H22F4O2.H2/c1-2-3-13-4-6-14(7-5-13)17-9-8-15(10-18(17)23)22(27)28-16-11-19(24)21(26)20(25)12-16;/h8-14H,2-7H2,1H3;1H. The fourth-order valence-electron chi connectivity index (χ4n) is 3.91. The first-order valence-corrected chi connectivity index (χ1v) is 9.55. The van der Waals surface area contributed by atoms with Crippen LogP contribution in [0.15, 0.2) is 30.3 Å². The van der Waals surface area contributed by atoms with Crippen molar-refractivity contribution in [2.45, 2.75) is 51.4 Å². The summed E-state index contributed by atoms with van der Waals surface area (Å²) in [5.41, 5.74) is 0.497. The summed E-state index contributed by atoms with van der Waals surface area (Å²) < 4.78 is 58.9. The zero-order valence-corrected chi connectivity index (χ0v) is 15.6. The summed E-state index contributed by atoms with van der Waals surface area (Å²) in [6, 6.07) is 5.22. The number of esters is 1. The lowest BCUT2D eigenvalue weighted by atomic mass is 9.77. The van der Waals surface area contributed by atoms with Gasteiger partial charge in [-0.3, -0.25) is 0 Å². The smallest absolute Gasteiger partial charge is 0.343 e. The van der Waals surface area contributed by atoms with Gasteiger partial charge < -0.3 is 4.74 Å². The number of hydrogen-bond donors (Lipinski definition) is 0. The Hall–Kier alpha value is -2.37. The minimum atomic E-state index is -1.65. The normalized spacial score (nSPS) is 19.5. The molecule has 28 heavy (non-hydrogen) atoms. The largest absolute Gasteiger partial charge is 0.423 e. The van der Waals surface area contributed by atoms with E-state index in [1.54, 1.807) is 6.07 Å². The molecule has 2 aromatic rings. The lowest BCUT2D eigenvalue weighted by molar-refractivity contribution is 0.0733. The first-order chi connectivity index (χ1) is 13.4. The molecule has 0 radical (unpaired) electrons. The molecule has 3 rings (SSSR count). The zero-order valence-electron chi connectivity index (χ0n) is 15.6. The van der Waals surface area contributed by atoms with Crippen LogP contribution in [0, 0.1) is 29.2 Å². The Balaban J connectivity index is 0.00000300. The summed E-state index contributed by atoms with van der Waals surface area (Å²) in [5.74, 6) is -5.71. The third-order valence-corrected chi connectivity index (χ3v) is 5.39.